The van der Waals surface area contributed by atoms with E-state index in [1.165, 1.54) is 128 Å². The van der Waals surface area contributed by atoms with Crippen molar-refractivity contribution in [1.82, 2.24) is 0 Å². The van der Waals surface area contributed by atoms with Crippen molar-refractivity contribution in [3.8, 4) is 0 Å². The van der Waals surface area contributed by atoms with Crippen LogP contribution in [-0.2, 0) is 32.7 Å². The fourth-order valence-electron chi connectivity index (χ4n) is 8.08. The number of hydrogen-bond acceptors (Lipinski definition) is 8. The number of phosphoric acid groups is 1. The maximum absolute atomic E-state index is 12.7. The van der Waals surface area contributed by atoms with Crippen LogP contribution in [-0.4, -0.2) is 49.3 Å². The van der Waals surface area contributed by atoms with Gasteiger partial charge in [0.25, 0.3) is 0 Å². The molecule has 0 aromatic rings. The Labute approximate surface area is 448 Å². The topological polar surface area (TPSA) is 134 Å². The molecule has 0 heterocycles. The summed E-state index contributed by atoms with van der Waals surface area (Å²) in [6.07, 6.45) is 77.5. The van der Waals surface area contributed by atoms with Gasteiger partial charge >= 0.3 is 19.8 Å². The van der Waals surface area contributed by atoms with E-state index >= 15 is 0 Å². The molecule has 9 nitrogen and oxygen atoms in total. The van der Waals surface area contributed by atoms with Crippen LogP contribution in [0.3, 0.4) is 0 Å². The molecular formula is C63H110NO8P. The largest absolute Gasteiger partial charge is 0.472 e. The van der Waals surface area contributed by atoms with E-state index in [1.54, 1.807) is 0 Å². The predicted octanol–water partition coefficient (Wildman–Crippen LogP) is 18.8. The van der Waals surface area contributed by atoms with Crippen molar-refractivity contribution in [3.63, 3.8) is 0 Å². The zero-order valence-electron chi connectivity index (χ0n) is 46.8. The van der Waals surface area contributed by atoms with Gasteiger partial charge in [-0.15, -0.1) is 0 Å². The Balaban J connectivity index is 4.04. The maximum Gasteiger partial charge on any atom is 0.472 e. The summed E-state index contributed by atoms with van der Waals surface area (Å²) in [5.74, 6) is -0.850. The fraction of sp³-hybridized carbons (Fsp3) is 0.714. The van der Waals surface area contributed by atoms with Crippen molar-refractivity contribution in [2.45, 2.75) is 264 Å². The molecule has 0 saturated heterocycles. The van der Waals surface area contributed by atoms with Crippen LogP contribution >= 0.6 is 7.82 Å². The lowest BCUT2D eigenvalue weighted by Crippen LogP contribution is -2.29. The number of carbonyl (C=O) groups is 2. The van der Waals surface area contributed by atoms with Gasteiger partial charge in [-0.1, -0.05) is 246 Å². The summed E-state index contributed by atoms with van der Waals surface area (Å²) in [6.45, 7) is 3.62. The molecule has 2 unspecified atom stereocenters. The van der Waals surface area contributed by atoms with E-state index in [-0.39, 0.29) is 38.6 Å². The van der Waals surface area contributed by atoms with E-state index in [0.29, 0.717) is 6.42 Å². The Bertz CT molecular complexity index is 1510. The van der Waals surface area contributed by atoms with Gasteiger partial charge in [0, 0.05) is 19.4 Å². The molecule has 3 N–H and O–H groups in total. The number of esters is 2. The average Bonchev–Trinajstić information content (AvgIpc) is 3.38. The first-order valence-corrected chi connectivity index (χ1v) is 31.2. The molecule has 0 aliphatic rings. The summed E-state index contributed by atoms with van der Waals surface area (Å²) < 4.78 is 33.0. The third-order valence-corrected chi connectivity index (χ3v) is 13.4. The van der Waals surface area contributed by atoms with Gasteiger partial charge < -0.3 is 20.1 Å². The lowest BCUT2D eigenvalue weighted by atomic mass is 10.0. The Morgan fingerprint density at radius 1 is 0.425 bits per heavy atom. The van der Waals surface area contributed by atoms with Crippen LogP contribution in [0.15, 0.2) is 97.2 Å². The van der Waals surface area contributed by atoms with Gasteiger partial charge in [-0.25, -0.2) is 4.57 Å². The Morgan fingerprint density at radius 3 is 1.14 bits per heavy atom. The summed E-state index contributed by atoms with van der Waals surface area (Å²) in [4.78, 5) is 35.2. The van der Waals surface area contributed by atoms with Crippen LogP contribution in [0.4, 0.5) is 0 Å². The minimum Gasteiger partial charge on any atom is -0.462 e. The van der Waals surface area contributed by atoms with Crippen LogP contribution in [0.5, 0.6) is 0 Å². The van der Waals surface area contributed by atoms with Gasteiger partial charge in [-0.05, 0) is 96.3 Å². The first-order chi connectivity index (χ1) is 35.8. The molecule has 0 aromatic carbocycles. The minimum atomic E-state index is -4.40. The number of ether oxygens (including phenoxy) is 2. The van der Waals surface area contributed by atoms with Crippen molar-refractivity contribution in [2.24, 2.45) is 5.73 Å². The Kier molecular flexibility index (Phi) is 55.7. The molecule has 0 radical (unpaired) electrons. The maximum atomic E-state index is 12.7. The smallest absolute Gasteiger partial charge is 0.462 e. The van der Waals surface area contributed by atoms with Gasteiger partial charge in [0.15, 0.2) is 6.10 Å². The van der Waals surface area contributed by atoms with Crippen LogP contribution in [0.25, 0.3) is 0 Å². The van der Waals surface area contributed by atoms with Gasteiger partial charge in [-0.2, -0.15) is 0 Å². The molecule has 420 valence electrons. The van der Waals surface area contributed by atoms with Gasteiger partial charge in [0.2, 0.25) is 0 Å². The number of carbonyl (C=O) groups excluding carboxylic acids is 2. The monoisotopic (exact) mass is 1040 g/mol. The summed E-state index contributed by atoms with van der Waals surface area (Å²) in [5, 5.41) is 0. The van der Waals surface area contributed by atoms with E-state index in [9.17, 15) is 19.0 Å². The molecule has 0 amide bonds. The van der Waals surface area contributed by atoms with Crippen LogP contribution < -0.4 is 5.73 Å². The highest BCUT2D eigenvalue weighted by molar-refractivity contribution is 7.47. The highest BCUT2D eigenvalue weighted by atomic mass is 31.2. The first-order valence-electron chi connectivity index (χ1n) is 29.7. The highest BCUT2D eigenvalue weighted by Crippen LogP contribution is 2.43. The van der Waals surface area contributed by atoms with Crippen molar-refractivity contribution < 1.29 is 37.6 Å². The fourth-order valence-corrected chi connectivity index (χ4v) is 8.85. The summed E-state index contributed by atoms with van der Waals surface area (Å²) in [7, 11) is -4.40. The molecule has 0 aromatic heterocycles. The summed E-state index contributed by atoms with van der Waals surface area (Å²) in [6, 6.07) is 0. The average molecular weight is 1040 g/mol. The third-order valence-electron chi connectivity index (χ3n) is 12.5. The Morgan fingerprint density at radius 2 is 0.753 bits per heavy atom. The van der Waals surface area contributed by atoms with Crippen LogP contribution in [0, 0.1) is 0 Å². The molecule has 0 spiro atoms. The number of rotatable bonds is 55. The van der Waals surface area contributed by atoms with Gasteiger partial charge in [0.1, 0.15) is 6.61 Å². The molecule has 0 rings (SSSR count). The van der Waals surface area contributed by atoms with Crippen molar-refractivity contribution in [1.29, 1.82) is 0 Å². The molecule has 73 heavy (non-hydrogen) atoms. The molecule has 0 aliphatic heterocycles. The number of hydrogen-bond donors (Lipinski definition) is 2. The second-order valence-electron chi connectivity index (χ2n) is 19.5. The molecule has 0 fully saturated rings. The quantitative estimate of drug-likeness (QED) is 0.0264. The van der Waals surface area contributed by atoms with E-state index in [1.807, 2.05) is 0 Å². The number of phosphoric ester groups is 1. The van der Waals surface area contributed by atoms with Gasteiger partial charge in [-0.3, -0.25) is 18.6 Å². The van der Waals surface area contributed by atoms with Crippen LogP contribution in [0.1, 0.15) is 258 Å². The number of nitrogens with two attached hydrogens (primary N) is 1. The molecule has 0 aliphatic carbocycles. The van der Waals surface area contributed by atoms with E-state index < -0.39 is 26.5 Å². The minimum absolute atomic E-state index is 0.0455. The van der Waals surface area contributed by atoms with E-state index in [4.69, 9.17) is 24.3 Å². The van der Waals surface area contributed by atoms with E-state index in [0.717, 1.165) is 96.3 Å². The van der Waals surface area contributed by atoms with Crippen molar-refractivity contribution in [2.75, 3.05) is 26.4 Å². The summed E-state index contributed by atoms with van der Waals surface area (Å²) in [5.41, 5.74) is 5.38. The number of unbranched alkanes of at least 4 members (excludes halogenated alkanes) is 26. The normalized spacial score (nSPS) is 13.8. The molecule has 10 heteroatoms. The number of allylic oxidation sites excluding steroid dienone is 16. The lowest BCUT2D eigenvalue weighted by Gasteiger charge is -2.19. The Hall–Kier alpha value is -3.07. The lowest BCUT2D eigenvalue weighted by molar-refractivity contribution is -0.161. The second kappa shape index (κ2) is 58.2. The highest BCUT2D eigenvalue weighted by Gasteiger charge is 2.26. The predicted molar refractivity (Wildman–Crippen MR) is 312 cm³/mol. The van der Waals surface area contributed by atoms with E-state index in [2.05, 4.69) is 111 Å². The second-order valence-corrected chi connectivity index (χ2v) is 20.9. The first kappa shape index (κ1) is 69.9. The molecule has 0 saturated carbocycles. The zero-order valence-corrected chi connectivity index (χ0v) is 47.7. The molecule has 0 bridgehead atoms. The SMILES string of the molecule is CC/C=C\C/C=C\C/C=C\C/C=C\C/C=C\C/C=C\C/C=C\CCCCCCCC(=O)OC(COC(=O)CCCCCCCCCCCCCCC/C=C\CCCCCCCCCC)COP(=O)(O)OCCN. The third kappa shape index (κ3) is 58.1. The molecule has 2 atom stereocenters. The molecular weight excluding hydrogens is 930 g/mol. The standard InChI is InChI=1S/C63H110NO8P/c1-3-5-7-9-11-13-15-17-19-21-23-25-27-29-30-32-34-36-38-40-42-44-46-48-50-52-54-56-63(66)72-61(60-71-73(67,68)70-58-57-64)59-69-62(65)55-53-51-49-47-45-43-41-39-37-35-33-31-28-26-24-22-20-18-16-14-12-10-8-6-4-2/h5,7,11,13,17,19,22-25,29-30,34,36,40,42,61H,3-4,6,8-10,12,14-16,18,20-21,26-28,31-33,35,37-39,41,43-60,64H2,1-2H3,(H,67,68)/b7-5-,13-11-,19-17-,24-22-,25-23-,30-29-,36-34-,42-40-. The van der Waals surface area contributed by atoms with Crippen molar-refractivity contribution in [3.05, 3.63) is 97.2 Å². The summed E-state index contributed by atoms with van der Waals surface area (Å²) >= 11 is 0. The zero-order chi connectivity index (χ0) is 53.1. The van der Waals surface area contributed by atoms with Crippen molar-refractivity contribution >= 4 is 19.8 Å². The van der Waals surface area contributed by atoms with Gasteiger partial charge in [0.05, 0.1) is 13.2 Å². The van der Waals surface area contributed by atoms with Crippen LogP contribution in [0.2, 0.25) is 0 Å².